The van der Waals surface area contributed by atoms with Gasteiger partial charge < -0.3 is 15.7 Å². The van der Waals surface area contributed by atoms with Crippen molar-refractivity contribution in [2.45, 2.75) is 25.7 Å². The lowest BCUT2D eigenvalue weighted by atomic mass is 10.0. The average molecular weight is 304 g/mol. The standard InChI is InChI=1S/C16H20N2O4/c19-14(18-13-4-2-1-3-5-13)8-9-17-15(20)11-6-7-12(10-11)16(21)22/h1-5,11-12H,6-10H2,(H,17,20)(H,18,19)(H,21,22)/t11-,12+/m0/s1. The highest BCUT2D eigenvalue weighted by atomic mass is 16.4. The largest absolute Gasteiger partial charge is 0.481 e. The van der Waals surface area contributed by atoms with Gasteiger partial charge in [-0.1, -0.05) is 18.2 Å². The van der Waals surface area contributed by atoms with Crippen molar-refractivity contribution in [2.24, 2.45) is 11.8 Å². The van der Waals surface area contributed by atoms with Gasteiger partial charge in [0, 0.05) is 24.6 Å². The van der Waals surface area contributed by atoms with Crippen LogP contribution in [0, 0.1) is 11.8 Å². The second-order valence-corrected chi connectivity index (χ2v) is 5.50. The molecule has 0 heterocycles. The highest BCUT2D eigenvalue weighted by Crippen LogP contribution is 2.31. The Balaban J connectivity index is 1.67. The monoisotopic (exact) mass is 304 g/mol. The first kappa shape index (κ1) is 16.0. The molecule has 0 spiro atoms. The molecule has 2 rings (SSSR count). The topological polar surface area (TPSA) is 95.5 Å². The number of carbonyl (C=O) groups excluding carboxylic acids is 2. The third-order valence-electron chi connectivity index (χ3n) is 3.86. The van der Waals surface area contributed by atoms with Crippen molar-refractivity contribution in [2.75, 3.05) is 11.9 Å². The summed E-state index contributed by atoms with van der Waals surface area (Å²) in [7, 11) is 0. The lowest BCUT2D eigenvalue weighted by molar-refractivity contribution is -0.141. The Morgan fingerprint density at radius 1 is 1.09 bits per heavy atom. The Morgan fingerprint density at radius 3 is 2.41 bits per heavy atom. The Kier molecular flexibility index (Phi) is 5.52. The number of carboxylic acid groups (broad SMARTS) is 1. The van der Waals surface area contributed by atoms with Crippen molar-refractivity contribution in [1.82, 2.24) is 5.32 Å². The summed E-state index contributed by atoms with van der Waals surface area (Å²) in [4.78, 5) is 34.5. The number of rotatable bonds is 6. The van der Waals surface area contributed by atoms with E-state index in [-0.39, 0.29) is 30.7 Å². The van der Waals surface area contributed by atoms with Crippen molar-refractivity contribution in [1.29, 1.82) is 0 Å². The Labute approximate surface area is 128 Å². The van der Waals surface area contributed by atoms with Crippen molar-refractivity contribution in [3.05, 3.63) is 30.3 Å². The van der Waals surface area contributed by atoms with Gasteiger partial charge in [-0.2, -0.15) is 0 Å². The molecule has 1 aliphatic rings. The van der Waals surface area contributed by atoms with Gasteiger partial charge in [-0.25, -0.2) is 0 Å². The van der Waals surface area contributed by atoms with Crippen LogP contribution in [-0.4, -0.2) is 29.4 Å². The van der Waals surface area contributed by atoms with E-state index in [0.29, 0.717) is 19.3 Å². The summed E-state index contributed by atoms with van der Waals surface area (Å²) in [6.07, 6.45) is 1.72. The van der Waals surface area contributed by atoms with E-state index < -0.39 is 11.9 Å². The van der Waals surface area contributed by atoms with E-state index in [9.17, 15) is 14.4 Å². The number of hydrogen-bond donors (Lipinski definition) is 3. The molecule has 6 nitrogen and oxygen atoms in total. The van der Waals surface area contributed by atoms with Gasteiger partial charge in [-0.15, -0.1) is 0 Å². The number of anilines is 1. The molecule has 1 saturated carbocycles. The summed E-state index contributed by atoms with van der Waals surface area (Å²) in [5.41, 5.74) is 0.721. The zero-order valence-electron chi connectivity index (χ0n) is 12.2. The Morgan fingerprint density at radius 2 is 1.77 bits per heavy atom. The fourth-order valence-electron chi connectivity index (χ4n) is 2.63. The van der Waals surface area contributed by atoms with Gasteiger partial charge >= 0.3 is 5.97 Å². The van der Waals surface area contributed by atoms with Crippen LogP contribution in [0.4, 0.5) is 5.69 Å². The molecular formula is C16H20N2O4. The smallest absolute Gasteiger partial charge is 0.306 e. The summed E-state index contributed by atoms with van der Waals surface area (Å²) >= 11 is 0. The molecule has 0 radical (unpaired) electrons. The molecular weight excluding hydrogens is 284 g/mol. The van der Waals surface area contributed by atoms with E-state index in [1.807, 2.05) is 18.2 Å². The molecule has 1 aromatic carbocycles. The fraction of sp³-hybridized carbons (Fsp3) is 0.438. The molecule has 0 saturated heterocycles. The Hall–Kier alpha value is -2.37. The van der Waals surface area contributed by atoms with Crippen LogP contribution in [-0.2, 0) is 14.4 Å². The molecule has 2 amide bonds. The molecule has 2 atom stereocenters. The van der Waals surface area contributed by atoms with Crippen LogP contribution in [0.2, 0.25) is 0 Å². The van der Waals surface area contributed by atoms with Crippen molar-refractivity contribution in [3.63, 3.8) is 0 Å². The molecule has 3 N–H and O–H groups in total. The normalized spacial score (nSPS) is 20.4. The molecule has 0 aromatic heterocycles. The molecule has 1 aromatic rings. The highest BCUT2D eigenvalue weighted by molar-refractivity contribution is 5.91. The zero-order valence-corrected chi connectivity index (χ0v) is 12.2. The van der Waals surface area contributed by atoms with Crippen LogP contribution >= 0.6 is 0 Å². The fourth-order valence-corrected chi connectivity index (χ4v) is 2.63. The quantitative estimate of drug-likeness (QED) is 0.744. The summed E-state index contributed by atoms with van der Waals surface area (Å²) in [5.74, 6) is -1.83. The van der Waals surface area contributed by atoms with E-state index >= 15 is 0 Å². The summed E-state index contributed by atoms with van der Waals surface area (Å²) in [6.45, 7) is 0.256. The van der Waals surface area contributed by atoms with Gasteiger partial charge in [0.2, 0.25) is 11.8 Å². The van der Waals surface area contributed by atoms with Crippen LogP contribution < -0.4 is 10.6 Å². The third kappa shape index (κ3) is 4.58. The van der Waals surface area contributed by atoms with E-state index in [1.165, 1.54) is 0 Å². The number of hydrogen-bond acceptors (Lipinski definition) is 3. The van der Waals surface area contributed by atoms with Crippen molar-refractivity contribution >= 4 is 23.5 Å². The molecule has 0 bridgehead atoms. The minimum Gasteiger partial charge on any atom is -0.481 e. The van der Waals surface area contributed by atoms with Gasteiger partial charge in [0.05, 0.1) is 5.92 Å². The van der Waals surface area contributed by atoms with Gasteiger partial charge in [0.25, 0.3) is 0 Å². The van der Waals surface area contributed by atoms with Crippen LogP contribution in [0.5, 0.6) is 0 Å². The molecule has 22 heavy (non-hydrogen) atoms. The van der Waals surface area contributed by atoms with E-state index in [0.717, 1.165) is 5.69 Å². The first-order valence-corrected chi connectivity index (χ1v) is 7.41. The van der Waals surface area contributed by atoms with Crippen molar-refractivity contribution in [3.8, 4) is 0 Å². The molecule has 6 heteroatoms. The van der Waals surface area contributed by atoms with E-state index in [2.05, 4.69) is 10.6 Å². The van der Waals surface area contributed by atoms with Crippen LogP contribution in [0.3, 0.4) is 0 Å². The lowest BCUT2D eigenvalue weighted by Gasteiger charge is -2.11. The van der Waals surface area contributed by atoms with E-state index in [1.54, 1.807) is 12.1 Å². The highest BCUT2D eigenvalue weighted by Gasteiger charge is 2.33. The summed E-state index contributed by atoms with van der Waals surface area (Å²) < 4.78 is 0. The minimum absolute atomic E-state index is 0.156. The van der Waals surface area contributed by atoms with Crippen LogP contribution in [0.15, 0.2) is 30.3 Å². The predicted molar refractivity (Wildman–Crippen MR) is 81.2 cm³/mol. The third-order valence-corrected chi connectivity index (χ3v) is 3.86. The van der Waals surface area contributed by atoms with Crippen LogP contribution in [0.25, 0.3) is 0 Å². The Bertz CT molecular complexity index is 544. The average Bonchev–Trinajstić information content (AvgIpc) is 2.98. The van der Waals surface area contributed by atoms with Gasteiger partial charge in [0.1, 0.15) is 0 Å². The molecule has 1 fully saturated rings. The number of nitrogens with one attached hydrogen (secondary N) is 2. The first-order chi connectivity index (χ1) is 10.6. The summed E-state index contributed by atoms with van der Waals surface area (Å²) in [6, 6.07) is 9.11. The van der Waals surface area contributed by atoms with Crippen molar-refractivity contribution < 1.29 is 19.5 Å². The SMILES string of the molecule is O=C(CCNC(=O)[C@H]1CC[C@@H](C(=O)O)C1)Nc1ccccc1. The maximum absolute atomic E-state index is 11.9. The van der Waals surface area contributed by atoms with Crippen LogP contribution in [0.1, 0.15) is 25.7 Å². The minimum atomic E-state index is -0.836. The van der Waals surface area contributed by atoms with E-state index in [4.69, 9.17) is 5.11 Å². The maximum atomic E-state index is 11.9. The number of para-hydroxylation sites is 1. The molecule has 0 aliphatic heterocycles. The zero-order chi connectivity index (χ0) is 15.9. The summed E-state index contributed by atoms with van der Waals surface area (Å²) in [5, 5.41) is 14.4. The molecule has 118 valence electrons. The lowest BCUT2D eigenvalue weighted by Crippen LogP contribution is -2.32. The number of carbonyl (C=O) groups is 3. The number of amides is 2. The first-order valence-electron chi connectivity index (χ1n) is 7.41. The number of aliphatic carboxylic acids is 1. The van der Waals surface area contributed by atoms with Gasteiger partial charge in [0.15, 0.2) is 0 Å². The molecule has 0 unspecified atom stereocenters. The van der Waals surface area contributed by atoms with Gasteiger partial charge in [-0.3, -0.25) is 14.4 Å². The number of carboxylic acids is 1. The molecule has 1 aliphatic carbocycles. The van der Waals surface area contributed by atoms with Gasteiger partial charge in [-0.05, 0) is 31.4 Å². The second kappa shape index (κ2) is 7.59. The number of benzene rings is 1. The predicted octanol–water partition coefficient (Wildman–Crippen LogP) is 1.63. The maximum Gasteiger partial charge on any atom is 0.306 e. The second-order valence-electron chi connectivity index (χ2n) is 5.50.